The first-order chi connectivity index (χ1) is 13.2. The molecule has 0 radical (unpaired) electrons. The molecule has 1 aromatic carbocycles. The lowest BCUT2D eigenvalue weighted by molar-refractivity contribution is 0.0339. The van der Waals surface area contributed by atoms with E-state index in [4.69, 9.17) is 4.74 Å². The number of hydrogen-bond acceptors (Lipinski definition) is 4. The van der Waals surface area contributed by atoms with Crippen LogP contribution in [0, 0.1) is 11.3 Å². The minimum absolute atomic E-state index is 0.00729. The van der Waals surface area contributed by atoms with Crippen molar-refractivity contribution in [2.45, 2.75) is 56.6 Å². The van der Waals surface area contributed by atoms with E-state index < -0.39 is 0 Å². The molecule has 4 rings (SSSR count). The van der Waals surface area contributed by atoms with Gasteiger partial charge in [-0.15, -0.1) is 0 Å². The van der Waals surface area contributed by atoms with Crippen molar-refractivity contribution in [3.63, 3.8) is 0 Å². The van der Waals surface area contributed by atoms with E-state index in [1.54, 1.807) is 12.1 Å². The Bertz CT molecular complexity index is 723. The zero-order chi connectivity index (χ0) is 18.7. The highest BCUT2D eigenvalue weighted by atomic mass is 16.5. The van der Waals surface area contributed by atoms with Gasteiger partial charge in [-0.2, -0.15) is 5.26 Å². The van der Waals surface area contributed by atoms with E-state index in [0.717, 1.165) is 52.0 Å². The maximum absolute atomic E-state index is 13.0. The van der Waals surface area contributed by atoms with Crippen molar-refractivity contribution in [2.24, 2.45) is 0 Å². The van der Waals surface area contributed by atoms with Gasteiger partial charge in [0.05, 0.1) is 23.3 Å². The summed E-state index contributed by atoms with van der Waals surface area (Å²) in [6.07, 6.45) is 8.46. The monoisotopic (exact) mass is 367 g/mol. The van der Waals surface area contributed by atoms with E-state index in [0.29, 0.717) is 17.2 Å². The smallest absolute Gasteiger partial charge is 0.255 e. The summed E-state index contributed by atoms with van der Waals surface area (Å²) in [6, 6.07) is 9.32. The number of amides is 1. The van der Waals surface area contributed by atoms with E-state index in [2.05, 4.69) is 11.0 Å². The van der Waals surface area contributed by atoms with Crippen LogP contribution in [0.15, 0.2) is 24.3 Å². The summed E-state index contributed by atoms with van der Waals surface area (Å²) in [5.41, 5.74) is 1.25. The lowest BCUT2D eigenvalue weighted by Crippen LogP contribution is -2.47. The normalized spacial score (nSPS) is 29.0. The van der Waals surface area contributed by atoms with Crippen molar-refractivity contribution in [3.8, 4) is 6.07 Å². The maximum Gasteiger partial charge on any atom is 0.255 e. The fraction of sp³-hybridized carbons (Fsp3) is 0.636. The van der Waals surface area contributed by atoms with Crippen molar-refractivity contribution in [3.05, 3.63) is 35.4 Å². The number of hydrogen-bond donors (Lipinski definition) is 0. The Morgan fingerprint density at radius 2 is 1.96 bits per heavy atom. The Kier molecular flexibility index (Phi) is 5.47. The van der Waals surface area contributed by atoms with Gasteiger partial charge in [0.2, 0.25) is 0 Å². The third kappa shape index (κ3) is 3.74. The zero-order valence-corrected chi connectivity index (χ0v) is 16.0. The van der Waals surface area contributed by atoms with Crippen LogP contribution in [-0.2, 0) is 4.74 Å². The molecule has 0 unspecified atom stereocenters. The van der Waals surface area contributed by atoms with Crippen LogP contribution in [0.1, 0.15) is 60.9 Å². The van der Waals surface area contributed by atoms with E-state index in [1.165, 1.54) is 25.7 Å². The maximum atomic E-state index is 13.0. The molecule has 2 atom stereocenters. The number of nitrogens with zero attached hydrogens (tertiary/aromatic N) is 3. The molecule has 3 aliphatic rings. The Balaban J connectivity index is 1.45. The Labute approximate surface area is 161 Å². The van der Waals surface area contributed by atoms with E-state index in [-0.39, 0.29) is 11.4 Å². The number of likely N-dealkylation sites (tertiary alicyclic amines) is 2. The van der Waals surface area contributed by atoms with Crippen LogP contribution in [0.5, 0.6) is 0 Å². The van der Waals surface area contributed by atoms with Crippen LogP contribution in [-0.4, -0.2) is 60.1 Å². The van der Waals surface area contributed by atoms with Crippen molar-refractivity contribution >= 4 is 5.91 Å². The second-order valence-corrected chi connectivity index (χ2v) is 8.21. The molecule has 1 spiro atoms. The van der Waals surface area contributed by atoms with Crippen LogP contribution < -0.4 is 0 Å². The van der Waals surface area contributed by atoms with Gasteiger partial charge in [0.1, 0.15) is 0 Å². The number of ether oxygens (including phenoxy) is 1. The molecule has 5 heteroatoms. The zero-order valence-electron chi connectivity index (χ0n) is 16.0. The number of carbonyl (C=O) groups excluding carboxylic acids is 1. The molecule has 1 amide bonds. The van der Waals surface area contributed by atoms with Gasteiger partial charge in [0.15, 0.2) is 0 Å². The van der Waals surface area contributed by atoms with Crippen LogP contribution in [0.2, 0.25) is 0 Å². The molecule has 3 heterocycles. The lowest BCUT2D eigenvalue weighted by Gasteiger charge is -2.39. The first kappa shape index (κ1) is 18.5. The topological polar surface area (TPSA) is 56.6 Å². The van der Waals surface area contributed by atoms with Crippen LogP contribution in [0.25, 0.3) is 0 Å². The molecule has 0 aromatic heterocycles. The number of carbonyl (C=O) groups is 1. The molecule has 1 aromatic rings. The SMILES string of the molecule is N#Cc1ccccc1C(=O)N1CCC[C@]2(CCCN2C[C@@H]2CCCO2)CC1. The molecule has 3 aliphatic heterocycles. The van der Waals surface area contributed by atoms with Gasteiger partial charge in [-0.05, 0) is 63.6 Å². The second kappa shape index (κ2) is 8.00. The Morgan fingerprint density at radius 1 is 1.15 bits per heavy atom. The van der Waals surface area contributed by atoms with Gasteiger partial charge < -0.3 is 9.64 Å². The second-order valence-electron chi connectivity index (χ2n) is 8.21. The first-order valence-electron chi connectivity index (χ1n) is 10.4. The van der Waals surface area contributed by atoms with Crippen LogP contribution in [0.4, 0.5) is 0 Å². The van der Waals surface area contributed by atoms with Gasteiger partial charge in [0, 0.05) is 31.8 Å². The third-order valence-corrected chi connectivity index (χ3v) is 6.67. The fourth-order valence-electron chi connectivity index (χ4n) is 5.20. The molecule has 144 valence electrons. The van der Waals surface area contributed by atoms with Gasteiger partial charge in [0.25, 0.3) is 5.91 Å². The average molecular weight is 367 g/mol. The van der Waals surface area contributed by atoms with Crippen molar-refractivity contribution in [2.75, 3.05) is 32.8 Å². The molecular weight excluding hydrogens is 338 g/mol. The quantitative estimate of drug-likeness (QED) is 0.823. The minimum atomic E-state index is 0.00729. The highest BCUT2D eigenvalue weighted by Gasteiger charge is 2.43. The van der Waals surface area contributed by atoms with Gasteiger partial charge >= 0.3 is 0 Å². The summed E-state index contributed by atoms with van der Waals surface area (Å²) in [6.45, 7) is 4.68. The van der Waals surface area contributed by atoms with Gasteiger partial charge in [-0.25, -0.2) is 0 Å². The van der Waals surface area contributed by atoms with Crippen molar-refractivity contribution in [1.29, 1.82) is 5.26 Å². The van der Waals surface area contributed by atoms with Gasteiger partial charge in [-0.3, -0.25) is 9.69 Å². The summed E-state index contributed by atoms with van der Waals surface area (Å²) in [7, 11) is 0. The number of rotatable bonds is 3. The summed E-state index contributed by atoms with van der Waals surface area (Å²) < 4.78 is 5.89. The van der Waals surface area contributed by atoms with E-state index >= 15 is 0 Å². The molecule has 3 saturated heterocycles. The third-order valence-electron chi connectivity index (χ3n) is 6.67. The molecule has 0 aliphatic carbocycles. The Morgan fingerprint density at radius 3 is 2.74 bits per heavy atom. The fourth-order valence-corrected chi connectivity index (χ4v) is 5.20. The molecule has 3 fully saturated rings. The molecular formula is C22H29N3O2. The minimum Gasteiger partial charge on any atom is -0.377 e. The number of benzene rings is 1. The molecule has 0 saturated carbocycles. The van der Waals surface area contributed by atoms with Crippen LogP contribution in [0.3, 0.4) is 0 Å². The first-order valence-corrected chi connectivity index (χ1v) is 10.4. The lowest BCUT2D eigenvalue weighted by atomic mass is 9.87. The highest BCUT2D eigenvalue weighted by Crippen LogP contribution is 2.39. The van der Waals surface area contributed by atoms with Crippen molar-refractivity contribution in [1.82, 2.24) is 9.80 Å². The van der Waals surface area contributed by atoms with Crippen LogP contribution >= 0.6 is 0 Å². The largest absolute Gasteiger partial charge is 0.377 e. The predicted octanol–water partition coefficient (Wildman–Crippen LogP) is 3.20. The van der Waals surface area contributed by atoms with Crippen molar-refractivity contribution < 1.29 is 9.53 Å². The number of nitriles is 1. The summed E-state index contributed by atoms with van der Waals surface area (Å²) in [5.74, 6) is 0.00729. The van der Waals surface area contributed by atoms with E-state index in [1.807, 2.05) is 17.0 Å². The van der Waals surface area contributed by atoms with Gasteiger partial charge in [-0.1, -0.05) is 12.1 Å². The molecule has 5 nitrogen and oxygen atoms in total. The predicted molar refractivity (Wildman–Crippen MR) is 103 cm³/mol. The summed E-state index contributed by atoms with van der Waals surface area (Å²) in [4.78, 5) is 17.7. The summed E-state index contributed by atoms with van der Waals surface area (Å²) in [5, 5.41) is 9.32. The molecule has 0 bridgehead atoms. The molecule has 0 N–H and O–H groups in total. The Hall–Kier alpha value is -1.90. The van der Waals surface area contributed by atoms with E-state index in [9.17, 15) is 10.1 Å². The standard InChI is InChI=1S/C22H29N3O2/c23-16-18-6-1-2-8-20(18)21(26)24-12-4-9-22(11-14-24)10-5-13-25(22)17-19-7-3-15-27-19/h1-2,6,8,19H,3-5,7,9-15,17H2/t19-,22-/m0/s1. The molecule has 27 heavy (non-hydrogen) atoms. The average Bonchev–Trinajstić information content (AvgIpc) is 3.29. The highest BCUT2D eigenvalue weighted by molar-refractivity contribution is 5.96. The summed E-state index contributed by atoms with van der Waals surface area (Å²) >= 11 is 0.